The maximum Gasteiger partial charge on any atom is 0.329 e. The maximum absolute atomic E-state index is 16.6. The number of piperidine rings is 2. The van der Waals surface area contributed by atoms with Crippen LogP contribution in [-0.4, -0.2) is 113 Å². The third kappa shape index (κ3) is 9.17. The third-order valence-corrected chi connectivity index (χ3v) is 18.4. The van der Waals surface area contributed by atoms with E-state index >= 15 is 17.6 Å². The Balaban J connectivity index is 0.720. The van der Waals surface area contributed by atoms with Crippen LogP contribution < -0.4 is 30.7 Å². The Hall–Kier alpha value is -6.28. The number of ether oxygens (including phenoxy) is 2. The van der Waals surface area contributed by atoms with E-state index in [4.69, 9.17) is 26.8 Å². The topological polar surface area (TPSA) is 185 Å². The fourth-order valence-corrected chi connectivity index (χ4v) is 13.9. The molecule has 6 fully saturated rings. The van der Waals surface area contributed by atoms with Gasteiger partial charge >= 0.3 is 6.03 Å². The zero-order chi connectivity index (χ0) is 54.1. The first-order valence-corrected chi connectivity index (χ1v) is 27.2. The molecule has 4 aliphatic heterocycles. The molecule has 5 amide bonds. The van der Waals surface area contributed by atoms with Gasteiger partial charge in [0.1, 0.15) is 29.5 Å². The zero-order valence-electron chi connectivity index (χ0n) is 43.2. The lowest BCUT2D eigenvalue weighted by Gasteiger charge is -2.55. The Morgan fingerprint density at radius 2 is 1.60 bits per heavy atom. The van der Waals surface area contributed by atoms with Gasteiger partial charge in [-0.1, -0.05) is 48.9 Å². The molecule has 408 valence electrons. The number of fused-ring (bicyclic) bond motifs is 5. The molecule has 0 radical (unpaired) electrons. The van der Waals surface area contributed by atoms with Gasteiger partial charge < -0.3 is 35.4 Å². The molecule has 15 nitrogen and oxygen atoms in total. The van der Waals surface area contributed by atoms with Crippen molar-refractivity contribution in [3.63, 3.8) is 0 Å². The fourth-order valence-electron chi connectivity index (χ4n) is 13.7. The summed E-state index contributed by atoms with van der Waals surface area (Å²) in [6.45, 7) is 5.22. The van der Waals surface area contributed by atoms with Crippen LogP contribution in [0.3, 0.4) is 0 Å². The Bertz CT molecular complexity index is 3160. The Labute approximate surface area is 448 Å². The number of likely N-dealkylation sites (tertiary alicyclic amines) is 2. The van der Waals surface area contributed by atoms with Gasteiger partial charge in [0.15, 0.2) is 28.8 Å². The molecule has 3 saturated heterocycles. The molecule has 7 aliphatic rings. The van der Waals surface area contributed by atoms with Crippen LogP contribution in [0.4, 0.5) is 28.2 Å². The first kappa shape index (κ1) is 52.8. The van der Waals surface area contributed by atoms with Gasteiger partial charge in [0.2, 0.25) is 17.7 Å². The van der Waals surface area contributed by atoms with Gasteiger partial charge in [-0.05, 0) is 113 Å². The van der Waals surface area contributed by atoms with E-state index in [0.717, 1.165) is 63.5 Å². The average molecular weight is 1080 g/mol. The molecule has 2 bridgehead atoms. The summed E-state index contributed by atoms with van der Waals surface area (Å²) in [5, 5.41) is 19.7. The summed E-state index contributed by atoms with van der Waals surface area (Å²) in [7, 11) is 1.56. The molecule has 5 heterocycles. The maximum atomic E-state index is 16.6. The molecule has 3 aliphatic carbocycles. The second-order valence-corrected chi connectivity index (χ2v) is 22.6. The molecule has 2 unspecified atom stereocenters. The number of halogens is 5. The summed E-state index contributed by atoms with van der Waals surface area (Å²) in [6.07, 6.45) is 7.45. The van der Waals surface area contributed by atoms with Crippen LogP contribution in [-0.2, 0) is 22.2 Å². The first-order chi connectivity index (χ1) is 37.0. The van der Waals surface area contributed by atoms with Gasteiger partial charge in [0, 0.05) is 91.4 Å². The molecule has 12 rings (SSSR count). The number of anilines is 1. The van der Waals surface area contributed by atoms with E-state index in [1.165, 1.54) is 33.8 Å². The van der Waals surface area contributed by atoms with Gasteiger partial charge in [-0.25, -0.2) is 22.4 Å². The number of benzene rings is 4. The first-order valence-electron chi connectivity index (χ1n) is 26.8. The fraction of sp³-hybridized carbons (Fsp3) is 0.491. The van der Waals surface area contributed by atoms with Crippen LogP contribution in [0.25, 0.3) is 22.0 Å². The highest BCUT2D eigenvalue weighted by Crippen LogP contribution is 2.58. The number of nitrogens with one attached hydrogen (secondary N) is 2. The number of primary amides is 1. The van der Waals surface area contributed by atoms with Gasteiger partial charge in [-0.3, -0.25) is 29.3 Å². The number of nitrogens with two attached hydrogens (primary N) is 1. The summed E-state index contributed by atoms with van der Waals surface area (Å²) < 4.78 is 78.5. The predicted octanol–water partition coefficient (Wildman–Crippen LogP) is 8.56. The number of imide groups is 1. The van der Waals surface area contributed by atoms with E-state index in [-0.39, 0.29) is 94.0 Å². The molecular formula is C57H63ClF4N8O7. The molecule has 3 saturated carbocycles. The van der Waals surface area contributed by atoms with E-state index in [1.54, 1.807) is 7.05 Å². The largest absolute Gasteiger partial charge is 0.488 e. The number of aromatic nitrogens is 2. The Kier molecular flexibility index (Phi) is 14.0. The van der Waals surface area contributed by atoms with Crippen molar-refractivity contribution in [1.82, 2.24) is 30.2 Å². The van der Waals surface area contributed by atoms with Crippen molar-refractivity contribution in [1.29, 1.82) is 0 Å². The lowest BCUT2D eigenvalue weighted by molar-refractivity contribution is -0.151. The molecular weight excluding hydrogens is 1020 g/mol. The summed E-state index contributed by atoms with van der Waals surface area (Å²) in [5.74, 6) is -4.87. The summed E-state index contributed by atoms with van der Waals surface area (Å²) in [5.41, 5.74) is 4.64. The van der Waals surface area contributed by atoms with E-state index in [2.05, 4.69) is 25.5 Å². The van der Waals surface area contributed by atoms with E-state index in [0.29, 0.717) is 50.5 Å². The number of nitrogens with zero attached hydrogens (tertiary/aromatic N) is 5. The molecule has 0 spiro atoms. The second kappa shape index (κ2) is 20.5. The van der Waals surface area contributed by atoms with Crippen molar-refractivity contribution in [2.75, 3.05) is 63.9 Å². The smallest absolute Gasteiger partial charge is 0.329 e. The van der Waals surface area contributed by atoms with Crippen molar-refractivity contribution < 1.29 is 51.3 Å². The SMILES string of the molecule is CC1c2c(cc(F)c(Cl)c2-c2c(C(N)=O)ccc(OCCO)c2F)OC1(CNC12CCC(C(=O)N3CCC(CN4CCC(c5c(F)cc6c(N7CCC(=O)NC7=O)nn(C)c6c5F)CC4)CC3)(CC1)CC2)c1ccccc1. The lowest BCUT2D eigenvalue weighted by atomic mass is 9.56. The van der Waals surface area contributed by atoms with Gasteiger partial charge in [0.25, 0.3) is 0 Å². The number of aliphatic hydroxyl groups is 1. The molecule has 1 aromatic heterocycles. The van der Waals surface area contributed by atoms with Crippen molar-refractivity contribution in [2.45, 2.75) is 101 Å². The van der Waals surface area contributed by atoms with Gasteiger partial charge in [-0.15, -0.1) is 0 Å². The highest BCUT2D eigenvalue weighted by atomic mass is 35.5. The molecule has 2 atom stereocenters. The molecule has 5 aromatic rings. The minimum atomic E-state index is -1.14. The van der Waals surface area contributed by atoms with Crippen molar-refractivity contribution in [2.24, 2.45) is 24.1 Å². The number of hydrogen-bond acceptors (Lipinski definition) is 10. The van der Waals surface area contributed by atoms with Crippen LogP contribution >= 0.6 is 11.6 Å². The number of aliphatic hydroxyl groups excluding tert-OH is 1. The van der Waals surface area contributed by atoms with Crippen LogP contribution in [0.2, 0.25) is 5.02 Å². The third-order valence-electron chi connectivity index (χ3n) is 18.1. The Morgan fingerprint density at radius 1 is 0.896 bits per heavy atom. The van der Waals surface area contributed by atoms with Crippen LogP contribution in [0.1, 0.15) is 116 Å². The van der Waals surface area contributed by atoms with Crippen LogP contribution in [0.5, 0.6) is 11.5 Å². The summed E-state index contributed by atoms with van der Waals surface area (Å²) >= 11 is 6.77. The normalized spacial score (nSPS) is 25.1. The van der Waals surface area contributed by atoms with Crippen LogP contribution in [0, 0.1) is 34.6 Å². The number of carbonyl (C=O) groups excluding carboxylic acids is 4. The number of aryl methyl sites for hydroxylation is 1. The quantitative estimate of drug-likeness (QED) is 0.0786. The predicted molar refractivity (Wildman–Crippen MR) is 280 cm³/mol. The highest BCUT2D eigenvalue weighted by molar-refractivity contribution is 6.34. The Morgan fingerprint density at radius 3 is 2.26 bits per heavy atom. The standard InChI is InChI=1S/C57H63ClF4N8O7/c1-32-43-41(29-39(60)47(58)46(43)45-36(51(63)73)8-9-40(48(45)61)76-27-26-71)77-57(32,35-6-4-3-5-7-35)31-64-56-18-15-55(16-19-56,17-20-56)53(74)69-23-10-33(11-24-69)30-68-21-12-34(13-22-68)44-38(59)28-37-50(49(44)62)67(2)66-52(37)70-25-14-42(72)65-54(70)75/h3-9,28-29,32-34,64,71H,10-27,30-31H2,1-2H3,(H2,63,73)(H,65,72,75). The molecule has 77 heavy (non-hydrogen) atoms. The van der Waals surface area contributed by atoms with E-state index in [1.807, 2.05) is 37.3 Å². The minimum absolute atomic E-state index is 0.0403. The number of carbonyl (C=O) groups is 4. The summed E-state index contributed by atoms with van der Waals surface area (Å²) in [4.78, 5) is 57.4. The molecule has 20 heteroatoms. The number of rotatable bonds is 14. The lowest BCUT2D eigenvalue weighted by Crippen LogP contribution is -2.61. The average Bonchev–Trinajstić information content (AvgIpc) is 4.01. The van der Waals surface area contributed by atoms with E-state index in [9.17, 15) is 24.3 Å². The zero-order valence-corrected chi connectivity index (χ0v) is 43.9. The number of urea groups is 1. The van der Waals surface area contributed by atoms with Crippen molar-refractivity contribution in [3.05, 3.63) is 105 Å². The van der Waals surface area contributed by atoms with Crippen LogP contribution in [0.15, 0.2) is 54.6 Å². The summed E-state index contributed by atoms with van der Waals surface area (Å²) in [6, 6.07) is 13.9. The number of amides is 5. The second-order valence-electron chi connectivity index (χ2n) is 22.2. The molecule has 4 aromatic carbocycles. The molecule has 5 N–H and O–H groups in total. The monoisotopic (exact) mass is 1080 g/mol. The van der Waals surface area contributed by atoms with Crippen molar-refractivity contribution >= 4 is 52.1 Å². The highest BCUT2D eigenvalue weighted by Gasteiger charge is 2.56. The van der Waals surface area contributed by atoms with Gasteiger partial charge in [0.05, 0.1) is 22.6 Å². The minimum Gasteiger partial charge on any atom is -0.488 e. The van der Waals surface area contributed by atoms with Crippen molar-refractivity contribution in [3.8, 4) is 22.6 Å². The van der Waals surface area contributed by atoms with Gasteiger partial charge in [-0.2, -0.15) is 5.10 Å². The van der Waals surface area contributed by atoms with E-state index < -0.39 is 69.7 Å². The number of hydrogen-bond donors (Lipinski definition) is 4.